The van der Waals surface area contributed by atoms with Crippen LogP contribution in [0.25, 0.3) is 10.8 Å². The maximum atomic E-state index is 11.3. The van der Waals surface area contributed by atoms with Gasteiger partial charge in [-0.3, -0.25) is 4.79 Å². The highest BCUT2D eigenvalue weighted by molar-refractivity contribution is 5.84. The first-order chi connectivity index (χ1) is 6.81. The third-order valence-electron chi connectivity index (χ3n) is 1.93. The molecule has 4 heteroatoms. The topological polar surface area (TPSA) is 62.3 Å². The summed E-state index contributed by atoms with van der Waals surface area (Å²) in [6.07, 6.45) is 3.01. The van der Waals surface area contributed by atoms with Gasteiger partial charge in [0.1, 0.15) is 0 Å². The summed E-state index contributed by atoms with van der Waals surface area (Å²) in [7, 11) is 0. The molecule has 0 aliphatic heterocycles. The normalized spacial score (nSPS) is 9.71. The van der Waals surface area contributed by atoms with Gasteiger partial charge in [-0.1, -0.05) is 6.07 Å². The van der Waals surface area contributed by atoms with E-state index in [4.69, 9.17) is 0 Å². The number of hydrogen-bond acceptors (Lipinski definition) is 3. The zero-order chi connectivity index (χ0) is 9.97. The summed E-state index contributed by atoms with van der Waals surface area (Å²) in [6.45, 7) is 0. The summed E-state index contributed by atoms with van der Waals surface area (Å²) in [5, 5.41) is 1.34. The molecule has 0 saturated carbocycles. The van der Waals surface area contributed by atoms with Crippen LogP contribution in [0.3, 0.4) is 0 Å². The fraction of sp³-hybridized carbons (Fsp3) is 0. The zero-order valence-electron chi connectivity index (χ0n) is 7.15. The van der Waals surface area contributed by atoms with Crippen molar-refractivity contribution in [3.8, 4) is 0 Å². The molecule has 14 heavy (non-hydrogen) atoms. The van der Waals surface area contributed by atoms with E-state index in [9.17, 15) is 9.59 Å². The Balaban J connectivity index is 2.82. The van der Waals surface area contributed by atoms with E-state index >= 15 is 0 Å². The van der Waals surface area contributed by atoms with Crippen molar-refractivity contribution in [2.75, 3.05) is 0 Å². The Kier molecular flexibility index (Phi) is 1.97. The highest BCUT2D eigenvalue weighted by atomic mass is 16.1. The standard InChI is InChI=1S/C10H6N2O2/c13-6-12-8-2-1-7-3-4-11-10(14)9(7)5-8/h1-5H,(H,11,14). The summed E-state index contributed by atoms with van der Waals surface area (Å²) < 4.78 is 0. The quantitative estimate of drug-likeness (QED) is 0.541. The van der Waals surface area contributed by atoms with Crippen molar-refractivity contribution in [3.05, 3.63) is 40.8 Å². The van der Waals surface area contributed by atoms with Gasteiger partial charge in [0.05, 0.1) is 5.69 Å². The average molecular weight is 186 g/mol. The number of isocyanates is 1. The minimum Gasteiger partial charge on any atom is -0.329 e. The molecule has 1 aromatic carbocycles. The maximum absolute atomic E-state index is 11.3. The van der Waals surface area contributed by atoms with E-state index in [2.05, 4.69) is 9.98 Å². The molecule has 4 nitrogen and oxygen atoms in total. The molecule has 1 aromatic heterocycles. The van der Waals surface area contributed by atoms with Gasteiger partial charge < -0.3 is 4.98 Å². The number of nitrogens with one attached hydrogen (secondary N) is 1. The van der Waals surface area contributed by atoms with Crippen molar-refractivity contribution in [1.82, 2.24) is 4.98 Å². The molecule has 0 atom stereocenters. The van der Waals surface area contributed by atoms with E-state index < -0.39 is 0 Å². The molecule has 0 radical (unpaired) electrons. The number of aromatic nitrogens is 1. The molecule has 0 spiro atoms. The fourth-order valence-corrected chi connectivity index (χ4v) is 1.29. The third-order valence-corrected chi connectivity index (χ3v) is 1.93. The Bertz CT molecular complexity index is 580. The summed E-state index contributed by atoms with van der Waals surface area (Å²) in [6, 6.07) is 6.73. The van der Waals surface area contributed by atoms with E-state index in [1.165, 1.54) is 6.08 Å². The second-order valence-electron chi connectivity index (χ2n) is 2.78. The molecule has 0 unspecified atom stereocenters. The largest absolute Gasteiger partial charge is 0.329 e. The first kappa shape index (κ1) is 8.41. The molecule has 2 rings (SSSR count). The lowest BCUT2D eigenvalue weighted by Crippen LogP contribution is -2.03. The SMILES string of the molecule is O=C=Nc1ccc2cc[nH]c(=O)c2c1. The van der Waals surface area contributed by atoms with Gasteiger partial charge in [-0.2, -0.15) is 4.99 Å². The van der Waals surface area contributed by atoms with Crippen molar-refractivity contribution in [3.63, 3.8) is 0 Å². The zero-order valence-corrected chi connectivity index (χ0v) is 7.15. The lowest BCUT2D eigenvalue weighted by molar-refractivity contribution is 0.565. The number of aromatic amines is 1. The molecule has 0 bridgehead atoms. The second-order valence-corrected chi connectivity index (χ2v) is 2.78. The minimum atomic E-state index is -0.189. The monoisotopic (exact) mass is 186 g/mol. The molecule has 0 aliphatic rings. The van der Waals surface area contributed by atoms with Gasteiger partial charge in [0.15, 0.2) is 0 Å². The Morgan fingerprint density at radius 3 is 2.93 bits per heavy atom. The van der Waals surface area contributed by atoms with Crippen LogP contribution in [0.1, 0.15) is 0 Å². The molecule has 1 N–H and O–H groups in total. The second kappa shape index (κ2) is 3.28. The van der Waals surface area contributed by atoms with Crippen LogP contribution in [-0.2, 0) is 4.79 Å². The number of hydrogen-bond donors (Lipinski definition) is 1. The van der Waals surface area contributed by atoms with Crippen molar-refractivity contribution in [1.29, 1.82) is 0 Å². The molecule has 0 saturated heterocycles. The number of fused-ring (bicyclic) bond motifs is 1. The number of aliphatic imine (C=N–C) groups is 1. The van der Waals surface area contributed by atoms with Crippen LogP contribution in [-0.4, -0.2) is 11.1 Å². The van der Waals surface area contributed by atoms with E-state index in [1.807, 2.05) is 0 Å². The van der Waals surface area contributed by atoms with Crippen LogP contribution in [0, 0.1) is 0 Å². The van der Waals surface area contributed by atoms with Crippen molar-refractivity contribution >= 4 is 22.5 Å². The number of benzene rings is 1. The number of H-pyrrole nitrogens is 1. The van der Waals surface area contributed by atoms with E-state index in [1.54, 1.807) is 30.5 Å². The molecule has 0 aliphatic carbocycles. The molecular formula is C10H6N2O2. The van der Waals surface area contributed by atoms with Crippen LogP contribution in [0.4, 0.5) is 5.69 Å². The first-order valence-electron chi connectivity index (χ1n) is 4.00. The third kappa shape index (κ3) is 1.34. The Morgan fingerprint density at radius 1 is 1.29 bits per heavy atom. The molecule has 1 heterocycles. The predicted molar refractivity (Wildman–Crippen MR) is 52.4 cm³/mol. The Morgan fingerprint density at radius 2 is 2.14 bits per heavy atom. The van der Waals surface area contributed by atoms with E-state index in [0.717, 1.165) is 5.39 Å². The van der Waals surface area contributed by atoms with Gasteiger partial charge >= 0.3 is 0 Å². The van der Waals surface area contributed by atoms with Gasteiger partial charge in [0, 0.05) is 11.6 Å². The highest BCUT2D eigenvalue weighted by Gasteiger charge is 1.98. The Labute approximate surface area is 78.9 Å². The van der Waals surface area contributed by atoms with Crippen molar-refractivity contribution in [2.45, 2.75) is 0 Å². The number of rotatable bonds is 1. The lowest BCUT2D eigenvalue weighted by Gasteiger charge is -1.95. The van der Waals surface area contributed by atoms with Crippen LogP contribution in [0.15, 0.2) is 40.2 Å². The van der Waals surface area contributed by atoms with Crippen LogP contribution < -0.4 is 5.56 Å². The summed E-state index contributed by atoms with van der Waals surface area (Å²) in [5.74, 6) is 0. The number of nitrogens with zero attached hydrogens (tertiary/aromatic N) is 1. The van der Waals surface area contributed by atoms with Gasteiger partial charge in [-0.15, -0.1) is 0 Å². The number of pyridine rings is 1. The van der Waals surface area contributed by atoms with Gasteiger partial charge in [0.2, 0.25) is 6.08 Å². The molecule has 68 valence electrons. The molecule has 0 amide bonds. The van der Waals surface area contributed by atoms with E-state index in [-0.39, 0.29) is 5.56 Å². The molecule has 0 fully saturated rings. The van der Waals surface area contributed by atoms with Crippen molar-refractivity contribution < 1.29 is 4.79 Å². The van der Waals surface area contributed by atoms with Gasteiger partial charge in [-0.05, 0) is 23.6 Å². The molecule has 2 aromatic rings. The molecular weight excluding hydrogens is 180 g/mol. The lowest BCUT2D eigenvalue weighted by atomic mass is 10.1. The predicted octanol–water partition coefficient (Wildman–Crippen LogP) is 1.50. The van der Waals surface area contributed by atoms with Crippen molar-refractivity contribution in [2.24, 2.45) is 4.99 Å². The smallest absolute Gasteiger partial charge is 0.255 e. The van der Waals surface area contributed by atoms with Gasteiger partial charge in [0.25, 0.3) is 5.56 Å². The average Bonchev–Trinajstić information content (AvgIpc) is 2.20. The van der Waals surface area contributed by atoms with Crippen LogP contribution >= 0.6 is 0 Å². The summed E-state index contributed by atoms with van der Waals surface area (Å²) in [4.78, 5) is 27.3. The summed E-state index contributed by atoms with van der Waals surface area (Å²) in [5.41, 5.74) is 0.245. The number of carbonyl (C=O) groups excluding carboxylic acids is 1. The van der Waals surface area contributed by atoms with Crippen LogP contribution in [0.2, 0.25) is 0 Å². The fourth-order valence-electron chi connectivity index (χ4n) is 1.29. The van der Waals surface area contributed by atoms with Crippen LogP contribution in [0.5, 0.6) is 0 Å². The highest BCUT2D eigenvalue weighted by Crippen LogP contribution is 2.17. The maximum Gasteiger partial charge on any atom is 0.255 e. The van der Waals surface area contributed by atoms with E-state index in [0.29, 0.717) is 11.1 Å². The summed E-state index contributed by atoms with van der Waals surface area (Å²) >= 11 is 0. The Hall–Kier alpha value is -2.19. The minimum absolute atomic E-state index is 0.189. The van der Waals surface area contributed by atoms with Gasteiger partial charge in [-0.25, -0.2) is 4.79 Å². The first-order valence-corrected chi connectivity index (χ1v) is 4.00.